The zero-order valence-electron chi connectivity index (χ0n) is 37.4. The second-order valence-corrected chi connectivity index (χ2v) is 51.6. The predicted octanol–water partition coefficient (Wildman–Crippen LogP) is 9.74. The van der Waals surface area contributed by atoms with Gasteiger partial charge >= 0.3 is 91.8 Å². The first-order valence-corrected chi connectivity index (χ1v) is 45.9. The lowest BCUT2D eigenvalue weighted by Crippen LogP contribution is -2.71. The van der Waals surface area contributed by atoms with Crippen LogP contribution < -0.4 is 10.4 Å². The first kappa shape index (κ1) is 78.1. The summed E-state index contributed by atoms with van der Waals surface area (Å²) >= 11 is 0. The van der Waals surface area contributed by atoms with E-state index in [1.165, 1.54) is 32.7 Å². The lowest BCUT2D eigenvalue weighted by molar-refractivity contribution is -0.131. The second kappa shape index (κ2) is 29.2. The van der Waals surface area contributed by atoms with Crippen molar-refractivity contribution in [2.45, 2.75) is 175 Å². The standard InChI is InChI=1S/C18H30O5Si4.C8H21F3O4Si3.C6H20O4Si3.6CH4/c1-24(2,19)21-26(5,6)23-27(22-25(3,4)20,17-13-9-7-10-14-17)18-15-11-8-12-16-18;1-16(2,12)14-18(5,15-17(3,4)13)7-6-8(9,10)11;1-11(2,7)9-13(5,6)10-12(3,4)8;;;;;;/h7-16,19-20H,1-6H3;12-13H,6-7H2,1-5H3;7-8H,1-6H3;6*1H4. The van der Waals surface area contributed by atoms with Gasteiger partial charge in [-0.05, 0) is 128 Å². The monoisotopic (exact) mass is 1100 g/mol. The zero-order valence-corrected chi connectivity index (χ0v) is 47.4. The summed E-state index contributed by atoms with van der Waals surface area (Å²) in [6.07, 6.45) is -5.34. The second-order valence-electron chi connectivity index (χ2n) is 17.8. The van der Waals surface area contributed by atoms with Gasteiger partial charge in [-0.15, -0.1) is 0 Å². The average Bonchev–Trinajstić information content (AvgIpc) is 2.90. The smallest absolute Gasteiger partial charge is 0.389 e. The molecule has 64 heavy (non-hydrogen) atoms. The van der Waals surface area contributed by atoms with Crippen molar-refractivity contribution in [3.8, 4) is 0 Å². The number of hydrogen-bond acceptors (Lipinski definition) is 13. The molecule has 0 aliphatic heterocycles. The molecule has 0 fully saturated rings. The van der Waals surface area contributed by atoms with Gasteiger partial charge in [0, 0.05) is 6.42 Å². The summed E-state index contributed by atoms with van der Waals surface area (Å²) in [5, 5.41) is 1.82. The highest BCUT2D eigenvalue weighted by Gasteiger charge is 2.52. The van der Waals surface area contributed by atoms with Crippen molar-refractivity contribution in [1.82, 2.24) is 0 Å². The third kappa shape index (κ3) is 38.8. The predicted molar refractivity (Wildman–Crippen MR) is 286 cm³/mol. The van der Waals surface area contributed by atoms with Crippen LogP contribution in [0, 0.1) is 0 Å². The van der Waals surface area contributed by atoms with E-state index in [1.807, 2.05) is 86.9 Å². The summed E-state index contributed by atoms with van der Waals surface area (Å²) in [6.45, 7) is 28.5. The fraction of sp³-hybridized carbons (Fsp3) is 0.684. The van der Waals surface area contributed by atoms with Gasteiger partial charge in [-0.1, -0.05) is 105 Å². The molecule has 0 heterocycles. The van der Waals surface area contributed by atoms with Gasteiger partial charge in [0.25, 0.3) is 0 Å². The first-order valence-electron chi connectivity index (χ1n) is 18.8. The van der Waals surface area contributed by atoms with Crippen molar-refractivity contribution in [2.75, 3.05) is 0 Å². The highest BCUT2D eigenvalue weighted by atomic mass is 28.5. The maximum absolute atomic E-state index is 12.3. The lowest BCUT2D eigenvalue weighted by atomic mass is 10.4. The van der Waals surface area contributed by atoms with Crippen molar-refractivity contribution in [1.29, 1.82) is 0 Å². The van der Waals surface area contributed by atoms with E-state index in [9.17, 15) is 41.9 Å². The van der Waals surface area contributed by atoms with E-state index in [2.05, 4.69) is 0 Å². The molecule has 0 aromatic heterocycles. The van der Waals surface area contributed by atoms with Crippen LogP contribution in [0.15, 0.2) is 60.7 Å². The van der Waals surface area contributed by atoms with Gasteiger partial charge < -0.3 is 57.6 Å². The Morgan fingerprint density at radius 1 is 0.375 bits per heavy atom. The molecule has 0 saturated carbocycles. The summed E-state index contributed by atoms with van der Waals surface area (Å²) in [6, 6.07) is 19.2. The van der Waals surface area contributed by atoms with Crippen molar-refractivity contribution < 1.29 is 70.8 Å². The molecule has 0 amide bonds. The van der Waals surface area contributed by atoms with Gasteiger partial charge in [0.2, 0.25) is 0 Å². The number of rotatable bonds is 18. The molecule has 0 aliphatic carbocycles. The third-order valence-corrected chi connectivity index (χ3v) is 35.3. The first-order chi connectivity index (χ1) is 25.4. The summed E-state index contributed by atoms with van der Waals surface area (Å²) in [4.78, 5) is 59.6. The van der Waals surface area contributed by atoms with Crippen molar-refractivity contribution in [3.05, 3.63) is 60.7 Å². The molecule has 2 rings (SSSR count). The average molecular weight is 1100 g/mol. The molecule has 6 N–H and O–H groups in total. The third-order valence-electron chi connectivity index (χ3n) is 6.37. The molecule has 2 aromatic carbocycles. The van der Waals surface area contributed by atoms with Gasteiger partial charge in [0.05, 0.1) is 0 Å². The maximum Gasteiger partial charge on any atom is 0.389 e. The van der Waals surface area contributed by atoms with Crippen LogP contribution >= 0.6 is 0 Å². The fourth-order valence-corrected chi connectivity index (χ4v) is 41.5. The molecule has 0 saturated heterocycles. The van der Waals surface area contributed by atoms with Gasteiger partial charge in [-0.3, -0.25) is 0 Å². The molecule has 2 aromatic rings. The van der Waals surface area contributed by atoms with Crippen molar-refractivity contribution in [2.24, 2.45) is 0 Å². The summed E-state index contributed by atoms with van der Waals surface area (Å²) in [7, 11) is -28.5. The fourth-order valence-electron chi connectivity index (χ4n) is 5.83. The van der Waals surface area contributed by atoms with Gasteiger partial charge in [-0.25, -0.2) is 0 Å². The highest BCUT2D eigenvalue weighted by Crippen LogP contribution is 2.30. The summed E-state index contributed by atoms with van der Waals surface area (Å²) in [5.41, 5.74) is 0. The maximum atomic E-state index is 12.3. The Balaban J connectivity index is -0.000000155. The van der Waals surface area contributed by atoms with Crippen LogP contribution in [0.1, 0.15) is 51.0 Å². The Morgan fingerprint density at radius 3 is 0.828 bits per heavy atom. The van der Waals surface area contributed by atoms with Crippen LogP contribution in [0.25, 0.3) is 0 Å². The molecular formula is C38H95F3O13Si10. The SMILES string of the molecule is C.C.C.C.C.C.C[Si](C)(O)O[Si](C)(C)O[Si](C)(C)O.C[Si](C)(O)O[Si](C)(C)O[Si](O[Si](C)(C)O)(c1ccccc1)c1ccccc1.C[Si](C)(O)O[Si](C)(CCC(F)(F)F)O[Si](C)(C)O. The summed E-state index contributed by atoms with van der Waals surface area (Å²) < 4.78 is 77.7. The molecule has 0 atom stereocenters. The van der Waals surface area contributed by atoms with Gasteiger partial charge in [0.15, 0.2) is 0 Å². The van der Waals surface area contributed by atoms with Gasteiger partial charge in [0.1, 0.15) is 0 Å². The van der Waals surface area contributed by atoms with Crippen LogP contribution in [-0.4, -0.2) is 121 Å². The van der Waals surface area contributed by atoms with E-state index in [4.69, 9.17) is 28.8 Å². The molecule has 13 nitrogen and oxygen atoms in total. The molecule has 0 radical (unpaired) electrons. The zero-order chi connectivity index (χ0) is 46.1. The van der Waals surface area contributed by atoms with E-state index < -0.39 is 98.2 Å². The van der Waals surface area contributed by atoms with E-state index in [-0.39, 0.29) is 50.6 Å². The molecule has 0 spiro atoms. The molecule has 0 aliphatic rings. The number of alkyl halides is 3. The van der Waals surface area contributed by atoms with Crippen LogP contribution in [-0.2, 0) is 28.8 Å². The van der Waals surface area contributed by atoms with Crippen molar-refractivity contribution >= 4 is 96.0 Å². The lowest BCUT2D eigenvalue weighted by Gasteiger charge is -2.42. The topological polar surface area (TPSA) is 186 Å². The quantitative estimate of drug-likeness (QED) is 0.0776. The minimum Gasteiger partial charge on any atom is -0.416 e. The largest absolute Gasteiger partial charge is 0.416 e. The Labute approximate surface area is 399 Å². The molecule has 386 valence electrons. The number of halogens is 3. The molecule has 26 heteroatoms. The van der Waals surface area contributed by atoms with E-state index >= 15 is 0 Å². The minimum atomic E-state index is -4.30. The van der Waals surface area contributed by atoms with E-state index in [0.717, 1.165) is 10.4 Å². The Hall–Kier alpha value is -0.121. The highest BCUT2D eigenvalue weighted by molar-refractivity contribution is 7.01. The molecular weight excluding hydrogens is 1000 g/mol. The summed E-state index contributed by atoms with van der Waals surface area (Å²) in [5.74, 6) is 0. The number of hydrogen-bond donors (Lipinski definition) is 6. The Morgan fingerprint density at radius 2 is 0.609 bits per heavy atom. The van der Waals surface area contributed by atoms with E-state index in [1.54, 1.807) is 52.4 Å². The van der Waals surface area contributed by atoms with Crippen molar-refractivity contribution in [3.63, 3.8) is 0 Å². The van der Waals surface area contributed by atoms with Crippen LogP contribution in [0.4, 0.5) is 13.2 Å². The normalized spacial score (nSPS) is 13.0. The Bertz CT molecular complexity index is 1420. The van der Waals surface area contributed by atoms with Crippen LogP contribution in [0.3, 0.4) is 0 Å². The van der Waals surface area contributed by atoms with E-state index in [0.29, 0.717) is 0 Å². The minimum absolute atomic E-state index is 0. The molecule has 0 unspecified atom stereocenters. The van der Waals surface area contributed by atoms with Crippen LogP contribution in [0.2, 0.25) is 117 Å². The Kier molecular flexibility index (Phi) is 35.6. The van der Waals surface area contributed by atoms with Crippen LogP contribution in [0.5, 0.6) is 0 Å². The van der Waals surface area contributed by atoms with Gasteiger partial charge in [-0.2, -0.15) is 13.2 Å². The number of benzene rings is 2. The molecule has 0 bridgehead atoms.